The van der Waals surface area contributed by atoms with E-state index >= 15 is 0 Å². The summed E-state index contributed by atoms with van der Waals surface area (Å²) in [6.07, 6.45) is -1.53. The largest absolute Gasteiger partial charge is 0.509 e. The first-order valence-corrected chi connectivity index (χ1v) is 3.68. The van der Waals surface area contributed by atoms with Crippen LogP contribution < -0.4 is 0 Å². The van der Waals surface area contributed by atoms with Gasteiger partial charge in [-0.15, -0.1) is 0 Å². The number of allylic oxidation sites excluding steroid dienone is 4. The Kier molecular flexibility index (Phi) is 2.68. The first kappa shape index (κ1) is 9.03. The molecule has 1 rings (SSSR count). The number of ether oxygens (including phenoxy) is 1. The Hall–Kier alpha value is -1.06. The minimum Gasteiger partial charge on any atom is -0.509 e. The smallest absolute Gasteiger partial charge is 0.195 e. The molecule has 1 aliphatic rings. The van der Waals surface area contributed by atoms with Gasteiger partial charge in [0.15, 0.2) is 12.3 Å². The van der Waals surface area contributed by atoms with Crippen molar-refractivity contribution in [2.45, 2.75) is 19.3 Å². The van der Waals surface area contributed by atoms with Gasteiger partial charge in [0.1, 0.15) is 11.5 Å². The third kappa shape index (κ3) is 1.57. The lowest BCUT2D eigenvalue weighted by Crippen LogP contribution is -2.25. The molecular weight excluding hydrogens is 166 g/mol. The number of halogens is 2. The van der Waals surface area contributed by atoms with Crippen LogP contribution in [0.25, 0.3) is 0 Å². The molecule has 68 valence electrons. The summed E-state index contributed by atoms with van der Waals surface area (Å²) < 4.78 is 30.4. The summed E-state index contributed by atoms with van der Waals surface area (Å²) >= 11 is 0. The summed E-state index contributed by atoms with van der Waals surface area (Å²) in [6.45, 7) is 1.96. The minimum atomic E-state index is -1.99. The fraction of sp³-hybridized carbons (Fsp3) is 0.500. The van der Waals surface area contributed by atoms with Crippen LogP contribution in [0.4, 0.5) is 8.78 Å². The molecule has 1 N–H and O–H groups in total. The molecule has 0 aromatic heterocycles. The SMILES string of the molecule is CCOC1=CC=C(O)C(F)C1F. The second-order valence-electron chi connectivity index (χ2n) is 2.40. The average molecular weight is 176 g/mol. The molecule has 0 radical (unpaired) electrons. The fourth-order valence-corrected chi connectivity index (χ4v) is 0.940. The lowest BCUT2D eigenvalue weighted by Gasteiger charge is -2.19. The van der Waals surface area contributed by atoms with Gasteiger partial charge in [0, 0.05) is 0 Å². The van der Waals surface area contributed by atoms with Gasteiger partial charge in [-0.05, 0) is 19.1 Å². The van der Waals surface area contributed by atoms with E-state index in [1.54, 1.807) is 6.92 Å². The number of aliphatic hydroxyl groups excluding tert-OH is 1. The average Bonchev–Trinajstić information content (AvgIpc) is 2.07. The Morgan fingerprint density at radius 3 is 2.67 bits per heavy atom. The highest BCUT2D eigenvalue weighted by molar-refractivity contribution is 5.24. The van der Waals surface area contributed by atoms with Gasteiger partial charge in [0.2, 0.25) is 0 Å². The maximum absolute atomic E-state index is 12.9. The highest BCUT2D eigenvalue weighted by Gasteiger charge is 2.31. The number of alkyl halides is 2. The maximum atomic E-state index is 12.9. The second-order valence-corrected chi connectivity index (χ2v) is 2.40. The monoisotopic (exact) mass is 176 g/mol. The molecule has 0 aliphatic heterocycles. The van der Waals surface area contributed by atoms with Crippen molar-refractivity contribution in [2.75, 3.05) is 6.61 Å². The summed E-state index contributed by atoms with van der Waals surface area (Å²) in [4.78, 5) is 0. The first-order chi connectivity index (χ1) is 5.66. The van der Waals surface area contributed by atoms with Crippen LogP contribution in [-0.4, -0.2) is 24.1 Å². The van der Waals surface area contributed by atoms with Gasteiger partial charge in [-0.2, -0.15) is 0 Å². The highest BCUT2D eigenvalue weighted by atomic mass is 19.2. The van der Waals surface area contributed by atoms with E-state index in [0.29, 0.717) is 0 Å². The molecule has 0 spiro atoms. The van der Waals surface area contributed by atoms with Gasteiger partial charge >= 0.3 is 0 Å². The number of rotatable bonds is 2. The van der Waals surface area contributed by atoms with Gasteiger partial charge in [-0.25, -0.2) is 8.78 Å². The standard InChI is InChI=1S/C8H10F2O2/c1-2-12-6-4-3-5(11)7(9)8(6)10/h3-4,7-8,11H,2H2,1H3. The molecule has 2 atom stereocenters. The zero-order valence-electron chi connectivity index (χ0n) is 6.63. The zero-order valence-corrected chi connectivity index (χ0v) is 6.63. The van der Waals surface area contributed by atoms with Gasteiger partial charge in [-0.3, -0.25) is 0 Å². The van der Waals surface area contributed by atoms with Crippen LogP contribution in [0.3, 0.4) is 0 Å². The Labute approximate surface area is 69.1 Å². The summed E-state index contributed by atoms with van der Waals surface area (Å²) in [7, 11) is 0. The normalized spacial score (nSPS) is 29.2. The van der Waals surface area contributed by atoms with Gasteiger partial charge in [-0.1, -0.05) is 0 Å². The van der Waals surface area contributed by atoms with Crippen molar-refractivity contribution < 1.29 is 18.6 Å². The predicted octanol–water partition coefficient (Wildman–Crippen LogP) is 2.04. The summed E-state index contributed by atoms with van der Waals surface area (Å²) in [5.74, 6) is -0.659. The van der Waals surface area contributed by atoms with Crippen LogP contribution in [0.2, 0.25) is 0 Å². The van der Waals surface area contributed by atoms with Crippen molar-refractivity contribution in [1.82, 2.24) is 0 Å². The third-order valence-corrected chi connectivity index (χ3v) is 1.54. The van der Waals surface area contributed by atoms with E-state index in [1.807, 2.05) is 0 Å². The molecule has 0 heterocycles. The van der Waals surface area contributed by atoms with E-state index in [-0.39, 0.29) is 12.4 Å². The number of hydrogen-bond donors (Lipinski definition) is 1. The van der Waals surface area contributed by atoms with Crippen LogP contribution in [-0.2, 0) is 4.74 Å². The van der Waals surface area contributed by atoms with Crippen molar-refractivity contribution in [3.8, 4) is 0 Å². The van der Waals surface area contributed by atoms with Crippen molar-refractivity contribution in [3.05, 3.63) is 23.7 Å². The molecule has 1 aliphatic carbocycles. The van der Waals surface area contributed by atoms with E-state index in [9.17, 15) is 8.78 Å². The molecule has 0 aromatic carbocycles. The lowest BCUT2D eigenvalue weighted by atomic mass is 10.1. The molecule has 0 fully saturated rings. The minimum absolute atomic E-state index is 0.0669. The molecule has 0 saturated carbocycles. The van der Waals surface area contributed by atoms with Crippen LogP contribution in [0.5, 0.6) is 0 Å². The molecule has 4 heteroatoms. The molecule has 0 aromatic rings. The summed E-state index contributed by atoms with van der Waals surface area (Å²) in [5.41, 5.74) is 0. The van der Waals surface area contributed by atoms with Crippen LogP contribution in [0, 0.1) is 0 Å². The number of aliphatic hydroxyl groups is 1. The quantitative estimate of drug-likeness (QED) is 0.697. The Morgan fingerprint density at radius 1 is 1.42 bits per heavy atom. The molecule has 0 amide bonds. The van der Waals surface area contributed by atoms with Crippen LogP contribution in [0.15, 0.2) is 23.7 Å². The van der Waals surface area contributed by atoms with Crippen molar-refractivity contribution >= 4 is 0 Å². The van der Waals surface area contributed by atoms with Crippen molar-refractivity contribution in [2.24, 2.45) is 0 Å². The van der Waals surface area contributed by atoms with E-state index < -0.39 is 18.1 Å². The molecular formula is C8H10F2O2. The Morgan fingerprint density at radius 2 is 2.08 bits per heavy atom. The third-order valence-electron chi connectivity index (χ3n) is 1.54. The van der Waals surface area contributed by atoms with Crippen molar-refractivity contribution in [3.63, 3.8) is 0 Å². The fourth-order valence-electron chi connectivity index (χ4n) is 0.940. The topological polar surface area (TPSA) is 29.5 Å². The summed E-state index contributed by atoms with van der Waals surface area (Å²) in [5, 5.41) is 8.78. The first-order valence-electron chi connectivity index (χ1n) is 3.68. The molecule has 0 saturated heterocycles. The van der Waals surface area contributed by atoms with E-state index in [4.69, 9.17) is 9.84 Å². The Bertz CT molecular complexity index is 223. The second kappa shape index (κ2) is 3.56. The van der Waals surface area contributed by atoms with Gasteiger partial charge < -0.3 is 9.84 Å². The maximum Gasteiger partial charge on any atom is 0.195 e. The summed E-state index contributed by atoms with van der Waals surface area (Å²) in [6, 6.07) is 0. The highest BCUT2D eigenvalue weighted by Crippen LogP contribution is 2.24. The molecule has 2 unspecified atom stereocenters. The Balaban J connectivity index is 2.75. The molecule has 0 bridgehead atoms. The van der Waals surface area contributed by atoms with Crippen molar-refractivity contribution in [1.29, 1.82) is 0 Å². The molecule has 2 nitrogen and oxygen atoms in total. The van der Waals surface area contributed by atoms with Crippen LogP contribution >= 0.6 is 0 Å². The zero-order chi connectivity index (χ0) is 9.14. The van der Waals surface area contributed by atoms with Crippen LogP contribution in [0.1, 0.15) is 6.92 Å². The van der Waals surface area contributed by atoms with Gasteiger partial charge in [0.05, 0.1) is 6.61 Å². The van der Waals surface area contributed by atoms with E-state index in [1.165, 1.54) is 6.08 Å². The predicted molar refractivity (Wildman–Crippen MR) is 40.2 cm³/mol. The number of hydrogen-bond acceptors (Lipinski definition) is 2. The van der Waals surface area contributed by atoms with Gasteiger partial charge in [0.25, 0.3) is 0 Å². The lowest BCUT2D eigenvalue weighted by molar-refractivity contribution is 0.0983. The molecule has 12 heavy (non-hydrogen) atoms. The van der Waals surface area contributed by atoms with E-state index in [0.717, 1.165) is 6.08 Å². The van der Waals surface area contributed by atoms with E-state index in [2.05, 4.69) is 0 Å².